The van der Waals surface area contributed by atoms with Gasteiger partial charge in [-0.3, -0.25) is 4.79 Å². The van der Waals surface area contributed by atoms with E-state index in [0.29, 0.717) is 17.3 Å². The van der Waals surface area contributed by atoms with Crippen LogP contribution in [0.5, 0.6) is 5.88 Å². The number of halogens is 1. The fourth-order valence-electron chi connectivity index (χ4n) is 0.953. The summed E-state index contributed by atoms with van der Waals surface area (Å²) in [6.07, 6.45) is -0.128. The molecule has 14 heavy (non-hydrogen) atoms. The van der Waals surface area contributed by atoms with Gasteiger partial charge < -0.3 is 9.84 Å². The Labute approximate surface area is 86.5 Å². The maximum Gasteiger partial charge on any atom is 0.309 e. The summed E-state index contributed by atoms with van der Waals surface area (Å²) >= 11 is 5.78. The molecule has 0 aliphatic carbocycles. The van der Waals surface area contributed by atoms with E-state index >= 15 is 0 Å². The highest BCUT2D eigenvalue weighted by atomic mass is 35.5. The van der Waals surface area contributed by atoms with Gasteiger partial charge in [-0.2, -0.15) is 0 Å². The minimum atomic E-state index is -0.928. The SMILES string of the molecule is CCOc1nc(CC(=O)O)ccc1Cl. The van der Waals surface area contributed by atoms with Crippen LogP contribution in [0, 0.1) is 0 Å². The molecule has 0 spiro atoms. The number of aromatic nitrogens is 1. The van der Waals surface area contributed by atoms with E-state index in [9.17, 15) is 4.79 Å². The fraction of sp³-hybridized carbons (Fsp3) is 0.333. The van der Waals surface area contributed by atoms with Crippen molar-refractivity contribution >= 4 is 17.6 Å². The summed E-state index contributed by atoms with van der Waals surface area (Å²) in [6.45, 7) is 2.26. The number of aliphatic carboxylic acids is 1. The zero-order chi connectivity index (χ0) is 10.6. The van der Waals surface area contributed by atoms with Crippen LogP contribution in [0.4, 0.5) is 0 Å². The molecule has 0 unspecified atom stereocenters. The highest BCUT2D eigenvalue weighted by Crippen LogP contribution is 2.21. The number of hydrogen-bond acceptors (Lipinski definition) is 3. The predicted molar refractivity (Wildman–Crippen MR) is 51.8 cm³/mol. The Bertz CT molecular complexity index is 341. The van der Waals surface area contributed by atoms with Gasteiger partial charge in [-0.1, -0.05) is 11.6 Å². The lowest BCUT2D eigenvalue weighted by molar-refractivity contribution is -0.136. The third-order valence-corrected chi connectivity index (χ3v) is 1.77. The van der Waals surface area contributed by atoms with E-state index < -0.39 is 5.97 Å². The molecule has 76 valence electrons. The van der Waals surface area contributed by atoms with Gasteiger partial charge in [0.05, 0.1) is 18.7 Å². The van der Waals surface area contributed by atoms with Crippen LogP contribution in [0.15, 0.2) is 12.1 Å². The molecule has 1 heterocycles. The Morgan fingerprint density at radius 1 is 1.64 bits per heavy atom. The number of hydrogen-bond donors (Lipinski definition) is 1. The molecule has 0 radical (unpaired) electrons. The van der Waals surface area contributed by atoms with E-state index in [2.05, 4.69) is 4.98 Å². The van der Waals surface area contributed by atoms with Crippen molar-refractivity contribution in [3.8, 4) is 5.88 Å². The first kappa shape index (κ1) is 10.8. The van der Waals surface area contributed by atoms with Crippen molar-refractivity contribution in [2.45, 2.75) is 13.3 Å². The molecule has 0 fully saturated rings. The number of nitrogens with zero attached hydrogens (tertiary/aromatic N) is 1. The Morgan fingerprint density at radius 3 is 2.93 bits per heavy atom. The lowest BCUT2D eigenvalue weighted by Gasteiger charge is -2.05. The Kier molecular flexibility index (Phi) is 3.71. The number of carboxylic acid groups (broad SMARTS) is 1. The molecule has 0 bridgehead atoms. The van der Waals surface area contributed by atoms with Gasteiger partial charge in [-0.05, 0) is 19.1 Å². The molecule has 5 heteroatoms. The standard InChI is InChI=1S/C9H10ClNO3/c1-2-14-9-7(10)4-3-6(11-9)5-8(12)13/h3-4H,2,5H2,1H3,(H,12,13). The second-order valence-corrected chi connectivity index (χ2v) is 3.00. The zero-order valence-corrected chi connectivity index (χ0v) is 8.41. The van der Waals surface area contributed by atoms with Gasteiger partial charge in [0.25, 0.3) is 0 Å². The van der Waals surface area contributed by atoms with Crippen molar-refractivity contribution in [3.05, 3.63) is 22.8 Å². The predicted octanol–water partition coefficient (Wildman–Crippen LogP) is 1.76. The molecule has 0 saturated heterocycles. The monoisotopic (exact) mass is 215 g/mol. The first-order valence-corrected chi connectivity index (χ1v) is 4.51. The number of pyridine rings is 1. The lowest BCUT2D eigenvalue weighted by Crippen LogP contribution is -2.04. The van der Waals surface area contributed by atoms with Gasteiger partial charge in [0.1, 0.15) is 5.02 Å². The van der Waals surface area contributed by atoms with E-state index in [1.165, 1.54) is 0 Å². The summed E-state index contributed by atoms with van der Waals surface area (Å²) < 4.78 is 5.12. The van der Waals surface area contributed by atoms with Crippen LogP contribution in [0.2, 0.25) is 5.02 Å². The van der Waals surface area contributed by atoms with Crippen LogP contribution in [0.3, 0.4) is 0 Å². The number of ether oxygens (including phenoxy) is 1. The van der Waals surface area contributed by atoms with Gasteiger partial charge in [0.2, 0.25) is 5.88 Å². The molecule has 1 rings (SSSR count). The average molecular weight is 216 g/mol. The Morgan fingerprint density at radius 2 is 2.36 bits per heavy atom. The summed E-state index contributed by atoms with van der Waals surface area (Å²) in [5.41, 5.74) is 0.436. The normalized spacial score (nSPS) is 9.86. The maximum atomic E-state index is 10.4. The van der Waals surface area contributed by atoms with Gasteiger partial charge in [-0.25, -0.2) is 4.98 Å². The summed E-state index contributed by atoms with van der Waals surface area (Å²) in [7, 11) is 0. The average Bonchev–Trinajstić information content (AvgIpc) is 2.10. The van der Waals surface area contributed by atoms with E-state index in [-0.39, 0.29) is 12.3 Å². The topological polar surface area (TPSA) is 59.4 Å². The second-order valence-electron chi connectivity index (χ2n) is 2.59. The van der Waals surface area contributed by atoms with Crippen molar-refractivity contribution < 1.29 is 14.6 Å². The van der Waals surface area contributed by atoms with Gasteiger partial charge in [0, 0.05) is 0 Å². The molecule has 1 aromatic heterocycles. The van der Waals surface area contributed by atoms with Crippen LogP contribution in [0.25, 0.3) is 0 Å². The molecule has 1 N–H and O–H groups in total. The summed E-state index contributed by atoms with van der Waals surface area (Å²) in [5, 5.41) is 8.93. The molecule has 0 atom stereocenters. The minimum Gasteiger partial charge on any atom is -0.481 e. The maximum absolute atomic E-state index is 10.4. The summed E-state index contributed by atoms with van der Waals surface area (Å²) in [4.78, 5) is 14.4. The highest BCUT2D eigenvalue weighted by Gasteiger charge is 2.07. The molecule has 1 aromatic rings. The smallest absolute Gasteiger partial charge is 0.309 e. The molecular formula is C9H10ClNO3. The van der Waals surface area contributed by atoms with Crippen molar-refractivity contribution in [1.82, 2.24) is 4.98 Å². The molecule has 0 saturated carbocycles. The molecule has 0 aliphatic heterocycles. The van der Waals surface area contributed by atoms with Crippen LogP contribution >= 0.6 is 11.6 Å². The fourth-order valence-corrected chi connectivity index (χ4v) is 1.11. The van der Waals surface area contributed by atoms with Crippen LogP contribution in [-0.2, 0) is 11.2 Å². The van der Waals surface area contributed by atoms with Gasteiger partial charge in [-0.15, -0.1) is 0 Å². The van der Waals surface area contributed by atoms with Crippen molar-refractivity contribution in [2.75, 3.05) is 6.61 Å². The summed E-state index contributed by atoms with van der Waals surface area (Å²) in [5.74, 6) is -0.643. The molecule has 0 aromatic carbocycles. The van der Waals surface area contributed by atoms with Crippen molar-refractivity contribution in [3.63, 3.8) is 0 Å². The van der Waals surface area contributed by atoms with E-state index in [1.807, 2.05) is 6.92 Å². The first-order chi connectivity index (χ1) is 6.63. The van der Waals surface area contributed by atoms with Crippen molar-refractivity contribution in [1.29, 1.82) is 0 Å². The van der Waals surface area contributed by atoms with E-state index in [4.69, 9.17) is 21.4 Å². The number of rotatable bonds is 4. The van der Waals surface area contributed by atoms with Crippen LogP contribution in [-0.4, -0.2) is 22.7 Å². The molecular weight excluding hydrogens is 206 g/mol. The van der Waals surface area contributed by atoms with E-state index in [0.717, 1.165) is 0 Å². The third-order valence-electron chi connectivity index (χ3n) is 1.48. The second kappa shape index (κ2) is 4.81. The molecule has 0 amide bonds. The number of carbonyl (C=O) groups is 1. The first-order valence-electron chi connectivity index (χ1n) is 4.13. The third kappa shape index (κ3) is 2.88. The number of carboxylic acids is 1. The van der Waals surface area contributed by atoms with Crippen LogP contribution < -0.4 is 4.74 Å². The quantitative estimate of drug-likeness (QED) is 0.832. The summed E-state index contributed by atoms with van der Waals surface area (Å²) in [6, 6.07) is 3.15. The van der Waals surface area contributed by atoms with Gasteiger partial charge in [0.15, 0.2) is 0 Å². The Hall–Kier alpha value is -1.29. The van der Waals surface area contributed by atoms with Gasteiger partial charge >= 0.3 is 5.97 Å². The lowest BCUT2D eigenvalue weighted by atomic mass is 10.3. The van der Waals surface area contributed by atoms with Crippen molar-refractivity contribution in [2.24, 2.45) is 0 Å². The minimum absolute atomic E-state index is 0.128. The largest absolute Gasteiger partial charge is 0.481 e. The van der Waals surface area contributed by atoms with Crippen LogP contribution in [0.1, 0.15) is 12.6 Å². The van der Waals surface area contributed by atoms with E-state index in [1.54, 1.807) is 12.1 Å². The zero-order valence-electron chi connectivity index (χ0n) is 7.66. The highest BCUT2D eigenvalue weighted by molar-refractivity contribution is 6.31. The molecule has 0 aliphatic rings. The molecule has 4 nitrogen and oxygen atoms in total. The Balaban J connectivity index is 2.88.